The molecule has 146 valence electrons. The number of carbonyl (C=O) groups excluding carboxylic acids is 1. The van der Waals surface area contributed by atoms with Gasteiger partial charge in [-0.1, -0.05) is 6.07 Å². The minimum atomic E-state index is 0.0259. The quantitative estimate of drug-likeness (QED) is 0.620. The number of aryl methyl sites for hydroxylation is 2. The minimum absolute atomic E-state index is 0.0259. The van der Waals surface area contributed by atoms with E-state index in [1.807, 2.05) is 24.3 Å². The lowest BCUT2D eigenvalue weighted by Gasteiger charge is -2.36. The number of anilines is 1. The fourth-order valence-electron chi connectivity index (χ4n) is 4.02. The lowest BCUT2D eigenvalue weighted by atomic mass is 9.95. The van der Waals surface area contributed by atoms with Crippen molar-refractivity contribution in [3.8, 4) is 11.1 Å². The fraction of sp³-hybridized carbons (Fsp3) is 0.381. The molecule has 3 heterocycles. The highest BCUT2D eigenvalue weighted by Gasteiger charge is 2.28. The fourth-order valence-corrected chi connectivity index (χ4v) is 4.02. The van der Waals surface area contributed by atoms with Crippen LogP contribution < -0.4 is 10.6 Å². The number of amidine groups is 1. The van der Waals surface area contributed by atoms with Gasteiger partial charge in [0.2, 0.25) is 5.91 Å². The van der Waals surface area contributed by atoms with Crippen LogP contribution in [0.2, 0.25) is 0 Å². The Kier molecular flexibility index (Phi) is 4.66. The molecule has 0 saturated carbocycles. The van der Waals surface area contributed by atoms with Gasteiger partial charge in [0.1, 0.15) is 5.84 Å². The van der Waals surface area contributed by atoms with E-state index >= 15 is 0 Å². The summed E-state index contributed by atoms with van der Waals surface area (Å²) >= 11 is 0. The standard InChI is InChI=1S/C21H26N6O/c1-14(28)26-9-7-19(22)18(13-26)21(23)27-8-3-4-16-10-15(5-6-20(16)27)17-11-24-25(2)12-17/h5-6,10-12,23H,3-4,7-9,13,22H2,1-2H3. The molecule has 0 saturated heterocycles. The largest absolute Gasteiger partial charge is 0.402 e. The predicted octanol–water partition coefficient (Wildman–Crippen LogP) is 2.28. The van der Waals surface area contributed by atoms with Crippen LogP contribution in [0.25, 0.3) is 11.1 Å². The third-order valence-corrected chi connectivity index (χ3v) is 5.63. The van der Waals surface area contributed by atoms with Crippen molar-refractivity contribution in [1.82, 2.24) is 14.7 Å². The number of nitrogens with one attached hydrogen (secondary N) is 1. The third-order valence-electron chi connectivity index (χ3n) is 5.63. The van der Waals surface area contributed by atoms with Crippen LogP contribution >= 0.6 is 0 Å². The number of nitrogens with zero attached hydrogens (tertiary/aromatic N) is 4. The van der Waals surface area contributed by atoms with Crippen molar-refractivity contribution in [2.45, 2.75) is 26.2 Å². The topological polar surface area (TPSA) is 91.2 Å². The average Bonchev–Trinajstić information content (AvgIpc) is 3.13. The molecule has 0 radical (unpaired) electrons. The lowest BCUT2D eigenvalue weighted by Crippen LogP contribution is -2.44. The molecule has 28 heavy (non-hydrogen) atoms. The van der Waals surface area contributed by atoms with Crippen LogP contribution in [0.3, 0.4) is 0 Å². The minimum Gasteiger partial charge on any atom is -0.402 e. The summed E-state index contributed by atoms with van der Waals surface area (Å²) in [5.74, 6) is 0.441. The summed E-state index contributed by atoms with van der Waals surface area (Å²) in [7, 11) is 1.91. The molecule has 7 nitrogen and oxygen atoms in total. The second-order valence-electron chi connectivity index (χ2n) is 7.54. The first-order valence-electron chi connectivity index (χ1n) is 9.65. The Morgan fingerprint density at radius 1 is 1.21 bits per heavy atom. The molecule has 2 aliphatic heterocycles. The zero-order chi connectivity index (χ0) is 19.8. The molecule has 3 N–H and O–H groups in total. The van der Waals surface area contributed by atoms with Gasteiger partial charge in [-0.3, -0.25) is 14.9 Å². The van der Waals surface area contributed by atoms with Gasteiger partial charge < -0.3 is 15.5 Å². The van der Waals surface area contributed by atoms with E-state index in [0.717, 1.165) is 47.5 Å². The molecule has 0 atom stereocenters. The SMILES string of the molecule is CC(=O)N1CCC(N)=C(C(=N)N2CCCc3cc(-c4cnn(C)c4)ccc32)C1. The molecule has 0 unspecified atom stereocenters. The molecule has 0 aliphatic carbocycles. The van der Waals surface area contributed by atoms with Gasteiger partial charge in [0.25, 0.3) is 0 Å². The van der Waals surface area contributed by atoms with E-state index in [9.17, 15) is 4.79 Å². The number of amides is 1. The Labute approximate surface area is 164 Å². The van der Waals surface area contributed by atoms with Gasteiger partial charge in [-0.05, 0) is 36.1 Å². The van der Waals surface area contributed by atoms with Gasteiger partial charge in [-0.25, -0.2) is 0 Å². The Hall–Kier alpha value is -3.09. The number of hydrogen-bond donors (Lipinski definition) is 2. The molecule has 4 rings (SSSR count). The van der Waals surface area contributed by atoms with E-state index in [-0.39, 0.29) is 5.91 Å². The maximum Gasteiger partial charge on any atom is 0.219 e. The van der Waals surface area contributed by atoms with E-state index < -0.39 is 0 Å². The van der Waals surface area contributed by atoms with Crippen LogP contribution in [-0.2, 0) is 18.3 Å². The van der Waals surface area contributed by atoms with Crippen LogP contribution in [0.5, 0.6) is 0 Å². The van der Waals surface area contributed by atoms with Crippen LogP contribution in [0, 0.1) is 5.41 Å². The monoisotopic (exact) mass is 378 g/mol. The number of rotatable bonds is 2. The Morgan fingerprint density at radius 2 is 2.04 bits per heavy atom. The predicted molar refractivity (Wildman–Crippen MR) is 110 cm³/mol. The first-order valence-corrected chi connectivity index (χ1v) is 9.65. The summed E-state index contributed by atoms with van der Waals surface area (Å²) in [6.45, 7) is 3.40. The van der Waals surface area contributed by atoms with Crippen molar-refractivity contribution in [2.75, 3.05) is 24.5 Å². The number of aromatic nitrogens is 2. The van der Waals surface area contributed by atoms with Gasteiger partial charge in [0.15, 0.2) is 0 Å². The highest BCUT2D eigenvalue weighted by Crippen LogP contribution is 2.33. The zero-order valence-electron chi connectivity index (χ0n) is 16.4. The van der Waals surface area contributed by atoms with Crippen molar-refractivity contribution in [2.24, 2.45) is 12.8 Å². The second kappa shape index (κ2) is 7.14. The van der Waals surface area contributed by atoms with E-state index in [2.05, 4.69) is 23.3 Å². The summed E-state index contributed by atoms with van der Waals surface area (Å²) in [6, 6.07) is 6.38. The normalized spacial score (nSPS) is 16.9. The summed E-state index contributed by atoms with van der Waals surface area (Å²) in [4.78, 5) is 15.6. The molecule has 0 spiro atoms. The number of carbonyl (C=O) groups is 1. The Bertz CT molecular complexity index is 973. The molecule has 0 fully saturated rings. The van der Waals surface area contributed by atoms with Crippen molar-refractivity contribution in [1.29, 1.82) is 5.41 Å². The zero-order valence-corrected chi connectivity index (χ0v) is 16.4. The number of benzene rings is 1. The third kappa shape index (κ3) is 3.28. The van der Waals surface area contributed by atoms with Crippen molar-refractivity contribution in [3.05, 3.63) is 47.4 Å². The van der Waals surface area contributed by atoms with E-state index in [1.165, 1.54) is 5.56 Å². The smallest absolute Gasteiger partial charge is 0.219 e. The summed E-state index contributed by atoms with van der Waals surface area (Å²) in [6.07, 6.45) is 6.47. The number of fused-ring (bicyclic) bond motifs is 1. The Morgan fingerprint density at radius 3 is 2.75 bits per heavy atom. The molecule has 0 bridgehead atoms. The molecule has 7 heteroatoms. The molecule has 2 aliphatic rings. The summed E-state index contributed by atoms with van der Waals surface area (Å²) in [5.41, 5.74) is 12.3. The van der Waals surface area contributed by atoms with Crippen LogP contribution in [0.15, 0.2) is 41.9 Å². The molecule has 1 aromatic heterocycles. The van der Waals surface area contributed by atoms with Crippen molar-refractivity contribution < 1.29 is 4.79 Å². The highest BCUT2D eigenvalue weighted by atomic mass is 16.2. The van der Waals surface area contributed by atoms with Gasteiger partial charge >= 0.3 is 0 Å². The van der Waals surface area contributed by atoms with Crippen molar-refractivity contribution >= 4 is 17.4 Å². The summed E-state index contributed by atoms with van der Waals surface area (Å²) < 4.78 is 1.80. The number of hydrogen-bond acceptors (Lipinski definition) is 4. The molecule has 1 amide bonds. The van der Waals surface area contributed by atoms with Crippen LogP contribution in [0.1, 0.15) is 25.3 Å². The molecular weight excluding hydrogens is 352 g/mol. The first kappa shape index (κ1) is 18.3. The maximum absolute atomic E-state index is 11.8. The van der Waals surface area contributed by atoms with E-state index in [1.54, 1.807) is 16.5 Å². The van der Waals surface area contributed by atoms with Gasteiger partial charge in [-0.15, -0.1) is 0 Å². The average molecular weight is 378 g/mol. The molecular formula is C21H26N6O. The maximum atomic E-state index is 11.8. The van der Waals surface area contributed by atoms with E-state index in [0.29, 0.717) is 25.3 Å². The van der Waals surface area contributed by atoms with Gasteiger partial charge in [0.05, 0.1) is 12.7 Å². The van der Waals surface area contributed by atoms with Crippen molar-refractivity contribution in [3.63, 3.8) is 0 Å². The van der Waals surface area contributed by atoms with Crippen LogP contribution in [0.4, 0.5) is 5.69 Å². The number of nitrogens with two attached hydrogens (primary N) is 1. The van der Waals surface area contributed by atoms with Crippen LogP contribution in [-0.4, -0.2) is 46.1 Å². The first-order chi connectivity index (χ1) is 13.4. The van der Waals surface area contributed by atoms with Gasteiger partial charge in [-0.2, -0.15) is 5.10 Å². The van der Waals surface area contributed by atoms with E-state index in [4.69, 9.17) is 11.1 Å². The lowest BCUT2D eigenvalue weighted by molar-refractivity contribution is -0.128. The molecule has 2 aromatic rings. The highest BCUT2D eigenvalue weighted by molar-refractivity contribution is 6.09. The molecule has 1 aromatic carbocycles. The Balaban J connectivity index is 1.64. The van der Waals surface area contributed by atoms with Gasteiger partial charge in [0, 0.05) is 62.2 Å². The second-order valence-corrected chi connectivity index (χ2v) is 7.54. The summed E-state index contributed by atoms with van der Waals surface area (Å²) in [5, 5.41) is 13.1.